The molecule has 0 spiro atoms. The lowest BCUT2D eigenvalue weighted by Crippen LogP contribution is -2.58. The number of nitrogens with zero attached hydrogens (tertiary/aromatic N) is 1. The second-order valence-corrected chi connectivity index (χ2v) is 4.32. The quantitative estimate of drug-likeness (QED) is 0.604. The first-order chi connectivity index (χ1) is 8.65. The molecule has 0 atom stereocenters. The summed E-state index contributed by atoms with van der Waals surface area (Å²) in [6.45, 7) is 1.70. The van der Waals surface area contributed by atoms with E-state index in [9.17, 15) is 9.59 Å². The van der Waals surface area contributed by atoms with Gasteiger partial charge in [0, 0.05) is 24.7 Å². The fourth-order valence-corrected chi connectivity index (χ4v) is 1.77. The van der Waals surface area contributed by atoms with Crippen LogP contribution in [-0.4, -0.2) is 42.4 Å². The fraction of sp³-hybridized carbons (Fsp3) is 0.333. The molecule has 0 unspecified atom stereocenters. The monoisotopic (exact) mass is 248 g/mol. The largest absolute Gasteiger partial charge is 0.325 e. The minimum Gasteiger partial charge on any atom is -0.325 e. The summed E-state index contributed by atoms with van der Waals surface area (Å²) in [5.41, 5.74) is 10.8. The zero-order valence-corrected chi connectivity index (χ0v) is 9.93. The molecule has 4 N–H and O–H groups in total. The number of benzene rings is 1. The highest BCUT2D eigenvalue weighted by atomic mass is 16.2. The molecule has 1 fully saturated rings. The summed E-state index contributed by atoms with van der Waals surface area (Å²) in [6.07, 6.45) is 0. The molecule has 0 saturated carbocycles. The van der Waals surface area contributed by atoms with Crippen molar-refractivity contribution in [3.05, 3.63) is 35.9 Å². The Bertz CT molecular complexity index is 429. The van der Waals surface area contributed by atoms with Gasteiger partial charge in [-0.25, -0.2) is 0 Å². The zero-order valence-electron chi connectivity index (χ0n) is 9.93. The van der Waals surface area contributed by atoms with Crippen molar-refractivity contribution >= 4 is 11.8 Å². The van der Waals surface area contributed by atoms with Crippen molar-refractivity contribution in [2.45, 2.75) is 6.04 Å². The van der Waals surface area contributed by atoms with E-state index < -0.39 is 0 Å². The Morgan fingerprint density at radius 2 is 1.89 bits per heavy atom. The van der Waals surface area contributed by atoms with E-state index >= 15 is 0 Å². The predicted octanol–water partition coefficient (Wildman–Crippen LogP) is -0.909. The van der Waals surface area contributed by atoms with Gasteiger partial charge in [-0.2, -0.15) is 0 Å². The van der Waals surface area contributed by atoms with Crippen molar-refractivity contribution in [2.75, 3.05) is 19.6 Å². The van der Waals surface area contributed by atoms with Crippen molar-refractivity contribution in [3.8, 4) is 0 Å². The number of rotatable bonds is 3. The first-order valence-electron chi connectivity index (χ1n) is 5.77. The van der Waals surface area contributed by atoms with Crippen molar-refractivity contribution in [1.29, 1.82) is 0 Å². The van der Waals surface area contributed by atoms with Crippen molar-refractivity contribution < 1.29 is 9.59 Å². The van der Waals surface area contributed by atoms with Gasteiger partial charge < -0.3 is 5.73 Å². The van der Waals surface area contributed by atoms with Crippen LogP contribution in [0, 0.1) is 0 Å². The summed E-state index contributed by atoms with van der Waals surface area (Å²) in [4.78, 5) is 25.0. The van der Waals surface area contributed by atoms with Gasteiger partial charge in [-0.05, 0) is 12.1 Å². The van der Waals surface area contributed by atoms with E-state index in [4.69, 9.17) is 5.73 Å². The average Bonchev–Trinajstić information content (AvgIpc) is 2.35. The van der Waals surface area contributed by atoms with Gasteiger partial charge in [0.1, 0.15) is 0 Å². The van der Waals surface area contributed by atoms with E-state index in [2.05, 4.69) is 10.9 Å². The Labute approximate surface area is 105 Å². The molecule has 0 aliphatic carbocycles. The average molecular weight is 248 g/mol. The van der Waals surface area contributed by atoms with Crippen LogP contribution in [0.1, 0.15) is 10.4 Å². The van der Waals surface area contributed by atoms with Gasteiger partial charge in [-0.15, -0.1) is 0 Å². The molecule has 96 valence electrons. The number of carbonyl (C=O) groups excluding carboxylic acids is 2. The second kappa shape index (κ2) is 5.61. The maximum absolute atomic E-state index is 11.6. The SMILES string of the molecule is NC1CN(CC(=O)NNC(=O)c2ccccc2)C1. The number of amides is 2. The van der Waals surface area contributed by atoms with E-state index in [-0.39, 0.29) is 24.4 Å². The van der Waals surface area contributed by atoms with Crippen LogP contribution in [0.5, 0.6) is 0 Å². The van der Waals surface area contributed by atoms with E-state index in [1.54, 1.807) is 24.3 Å². The van der Waals surface area contributed by atoms with E-state index in [0.717, 1.165) is 13.1 Å². The van der Waals surface area contributed by atoms with Crippen LogP contribution in [0.15, 0.2) is 30.3 Å². The van der Waals surface area contributed by atoms with Gasteiger partial charge in [0.2, 0.25) is 0 Å². The minimum absolute atomic E-state index is 0.164. The third-order valence-electron chi connectivity index (χ3n) is 2.70. The lowest BCUT2D eigenvalue weighted by molar-refractivity contribution is -0.124. The third-order valence-corrected chi connectivity index (χ3v) is 2.70. The molecule has 6 nitrogen and oxygen atoms in total. The molecule has 2 rings (SSSR count). The van der Waals surface area contributed by atoms with Crippen molar-refractivity contribution in [2.24, 2.45) is 5.73 Å². The van der Waals surface area contributed by atoms with E-state index in [1.807, 2.05) is 11.0 Å². The Morgan fingerprint density at radius 1 is 1.22 bits per heavy atom. The van der Waals surface area contributed by atoms with Crippen LogP contribution >= 0.6 is 0 Å². The minimum atomic E-state index is -0.329. The van der Waals surface area contributed by atoms with Crippen LogP contribution in [-0.2, 0) is 4.79 Å². The van der Waals surface area contributed by atoms with Crippen LogP contribution < -0.4 is 16.6 Å². The molecule has 0 radical (unpaired) electrons. The zero-order chi connectivity index (χ0) is 13.0. The highest BCUT2D eigenvalue weighted by molar-refractivity contribution is 5.95. The molecular formula is C12H16N4O2. The molecule has 0 aromatic heterocycles. The van der Waals surface area contributed by atoms with Crippen molar-refractivity contribution in [1.82, 2.24) is 15.8 Å². The van der Waals surface area contributed by atoms with Crippen LogP contribution in [0.4, 0.5) is 0 Å². The Morgan fingerprint density at radius 3 is 2.50 bits per heavy atom. The molecule has 1 saturated heterocycles. The van der Waals surface area contributed by atoms with Gasteiger partial charge in [-0.1, -0.05) is 18.2 Å². The number of hydrazine groups is 1. The Balaban J connectivity index is 1.71. The highest BCUT2D eigenvalue weighted by Crippen LogP contribution is 2.03. The van der Waals surface area contributed by atoms with Crippen LogP contribution in [0.3, 0.4) is 0 Å². The first kappa shape index (κ1) is 12.5. The van der Waals surface area contributed by atoms with Crippen LogP contribution in [0.25, 0.3) is 0 Å². The second-order valence-electron chi connectivity index (χ2n) is 4.32. The number of nitrogens with one attached hydrogen (secondary N) is 2. The maximum Gasteiger partial charge on any atom is 0.269 e. The third kappa shape index (κ3) is 3.28. The molecule has 1 aromatic carbocycles. The van der Waals surface area contributed by atoms with Crippen molar-refractivity contribution in [3.63, 3.8) is 0 Å². The summed E-state index contributed by atoms with van der Waals surface area (Å²) in [5.74, 6) is -0.574. The summed E-state index contributed by atoms with van der Waals surface area (Å²) < 4.78 is 0. The topological polar surface area (TPSA) is 87.5 Å². The number of nitrogens with two attached hydrogens (primary N) is 1. The van der Waals surface area contributed by atoms with Gasteiger partial charge in [0.25, 0.3) is 11.8 Å². The van der Waals surface area contributed by atoms with E-state index in [0.29, 0.717) is 5.56 Å². The smallest absolute Gasteiger partial charge is 0.269 e. The molecule has 1 aliphatic rings. The van der Waals surface area contributed by atoms with Crippen LogP contribution in [0.2, 0.25) is 0 Å². The lowest BCUT2D eigenvalue weighted by atomic mass is 10.1. The standard InChI is InChI=1S/C12H16N4O2/c13-10-6-16(7-10)8-11(17)14-15-12(18)9-4-2-1-3-5-9/h1-5,10H,6-8,13H2,(H,14,17)(H,15,18). The summed E-state index contributed by atoms with van der Waals surface area (Å²) in [6, 6.07) is 8.86. The molecule has 18 heavy (non-hydrogen) atoms. The predicted molar refractivity (Wildman–Crippen MR) is 66.5 cm³/mol. The lowest BCUT2D eigenvalue weighted by Gasteiger charge is -2.35. The maximum atomic E-state index is 11.6. The molecule has 0 bridgehead atoms. The molecule has 1 aromatic rings. The number of hydrogen-bond acceptors (Lipinski definition) is 4. The molecule has 1 heterocycles. The van der Waals surface area contributed by atoms with Gasteiger partial charge >= 0.3 is 0 Å². The molecular weight excluding hydrogens is 232 g/mol. The van der Waals surface area contributed by atoms with Gasteiger partial charge in [0.15, 0.2) is 0 Å². The molecule has 6 heteroatoms. The number of hydrogen-bond donors (Lipinski definition) is 3. The van der Waals surface area contributed by atoms with Gasteiger partial charge in [0.05, 0.1) is 6.54 Å². The summed E-state index contributed by atoms with van der Waals surface area (Å²) >= 11 is 0. The Kier molecular flexibility index (Phi) is 3.91. The first-order valence-corrected chi connectivity index (χ1v) is 5.77. The van der Waals surface area contributed by atoms with E-state index in [1.165, 1.54) is 0 Å². The summed E-state index contributed by atoms with van der Waals surface area (Å²) in [5, 5.41) is 0. The fourth-order valence-electron chi connectivity index (χ4n) is 1.77. The molecule has 2 amide bonds. The molecule has 1 aliphatic heterocycles. The Hall–Kier alpha value is -1.92. The highest BCUT2D eigenvalue weighted by Gasteiger charge is 2.24. The number of carbonyl (C=O) groups is 2. The number of likely N-dealkylation sites (tertiary alicyclic amines) is 1. The normalized spacial score (nSPS) is 15.8. The van der Waals surface area contributed by atoms with Gasteiger partial charge in [-0.3, -0.25) is 25.3 Å². The summed E-state index contributed by atoms with van der Waals surface area (Å²) in [7, 11) is 0.